The molecule has 1 aliphatic rings. The van der Waals surface area contributed by atoms with Crippen LogP contribution in [0.1, 0.15) is 23.2 Å². The fourth-order valence-corrected chi connectivity index (χ4v) is 2.17. The number of carbonyl (C=O) groups is 1. The summed E-state index contributed by atoms with van der Waals surface area (Å²) in [6, 6.07) is 4.27. The highest BCUT2D eigenvalue weighted by Gasteiger charge is 2.33. The third kappa shape index (κ3) is 2.80. The molecule has 0 unspecified atom stereocenters. The van der Waals surface area contributed by atoms with E-state index in [0.29, 0.717) is 32.6 Å². The van der Waals surface area contributed by atoms with Crippen LogP contribution >= 0.6 is 0 Å². The Morgan fingerprint density at radius 3 is 2.68 bits per heavy atom. The van der Waals surface area contributed by atoms with Crippen molar-refractivity contribution in [2.75, 3.05) is 19.8 Å². The number of para-hydroxylation sites is 1. The minimum Gasteiger partial charge on any atom is -0.504 e. The van der Waals surface area contributed by atoms with Crippen LogP contribution in [0.15, 0.2) is 18.2 Å². The fraction of sp³-hybridized carbons (Fsp3) is 0.462. The monoisotopic (exact) mass is 266 g/mol. The number of nitrogens with one attached hydrogen (secondary N) is 1. The molecule has 1 aliphatic heterocycles. The van der Waals surface area contributed by atoms with E-state index in [0.717, 1.165) is 0 Å². The predicted octanol–water partition coefficient (Wildman–Crippen LogP) is 0.335. The molecule has 0 atom stereocenters. The molecule has 0 bridgehead atoms. The van der Waals surface area contributed by atoms with Crippen molar-refractivity contribution < 1.29 is 19.7 Å². The number of phenols is 2. The zero-order valence-electron chi connectivity index (χ0n) is 10.6. The number of amides is 1. The van der Waals surface area contributed by atoms with Crippen LogP contribution in [-0.4, -0.2) is 41.4 Å². The molecule has 104 valence electrons. The molecular formula is C13H18N2O4. The number of hydrogen-bond acceptors (Lipinski definition) is 5. The topological polar surface area (TPSA) is 105 Å². The van der Waals surface area contributed by atoms with E-state index in [2.05, 4.69) is 5.32 Å². The summed E-state index contributed by atoms with van der Waals surface area (Å²) in [6.45, 7) is 1.40. The second-order valence-electron chi connectivity index (χ2n) is 4.72. The molecule has 6 nitrogen and oxygen atoms in total. The lowest BCUT2D eigenvalue weighted by atomic mass is 9.89. The van der Waals surface area contributed by atoms with Crippen molar-refractivity contribution >= 4 is 5.91 Å². The molecule has 1 heterocycles. The molecule has 1 saturated heterocycles. The van der Waals surface area contributed by atoms with Gasteiger partial charge in [-0.25, -0.2) is 0 Å². The van der Waals surface area contributed by atoms with Crippen LogP contribution in [0.25, 0.3) is 0 Å². The van der Waals surface area contributed by atoms with Crippen LogP contribution in [0, 0.1) is 0 Å². The number of rotatable bonds is 3. The standard InChI is InChI=1S/C13H18N2O4/c14-8-13(4-6-19-7-5-13)15-12(18)9-2-1-3-10(16)11(9)17/h1-3,16-17H,4-8,14H2,(H,15,18). The van der Waals surface area contributed by atoms with E-state index in [4.69, 9.17) is 10.5 Å². The van der Waals surface area contributed by atoms with E-state index >= 15 is 0 Å². The lowest BCUT2D eigenvalue weighted by Crippen LogP contribution is -2.56. The summed E-state index contributed by atoms with van der Waals surface area (Å²) in [6.07, 6.45) is 1.27. The quantitative estimate of drug-likeness (QED) is 0.590. The smallest absolute Gasteiger partial charge is 0.255 e. The maximum Gasteiger partial charge on any atom is 0.255 e. The molecule has 0 radical (unpaired) electrons. The van der Waals surface area contributed by atoms with Gasteiger partial charge in [0.1, 0.15) is 0 Å². The van der Waals surface area contributed by atoms with Gasteiger partial charge in [-0.1, -0.05) is 6.07 Å². The lowest BCUT2D eigenvalue weighted by molar-refractivity contribution is 0.0388. The first-order valence-corrected chi connectivity index (χ1v) is 6.19. The first kappa shape index (κ1) is 13.6. The Morgan fingerprint density at radius 1 is 1.37 bits per heavy atom. The number of benzene rings is 1. The second kappa shape index (κ2) is 5.46. The van der Waals surface area contributed by atoms with Gasteiger partial charge in [0.05, 0.1) is 11.1 Å². The zero-order valence-corrected chi connectivity index (χ0v) is 10.6. The molecule has 19 heavy (non-hydrogen) atoms. The summed E-state index contributed by atoms with van der Waals surface area (Å²) in [5.74, 6) is -1.18. The lowest BCUT2D eigenvalue weighted by Gasteiger charge is -2.37. The van der Waals surface area contributed by atoms with Crippen LogP contribution in [0.3, 0.4) is 0 Å². The third-order valence-corrected chi connectivity index (χ3v) is 3.48. The molecule has 1 aromatic rings. The van der Waals surface area contributed by atoms with Gasteiger partial charge in [-0.2, -0.15) is 0 Å². The van der Waals surface area contributed by atoms with Crippen molar-refractivity contribution in [2.24, 2.45) is 5.73 Å². The second-order valence-corrected chi connectivity index (χ2v) is 4.72. The molecule has 1 amide bonds. The van der Waals surface area contributed by atoms with Crippen LogP contribution in [0.4, 0.5) is 0 Å². The molecule has 0 aliphatic carbocycles. The van der Waals surface area contributed by atoms with Gasteiger partial charge >= 0.3 is 0 Å². The van der Waals surface area contributed by atoms with Gasteiger partial charge in [-0.3, -0.25) is 4.79 Å². The minimum absolute atomic E-state index is 0.0410. The Kier molecular flexibility index (Phi) is 3.92. The van der Waals surface area contributed by atoms with Crippen LogP contribution in [-0.2, 0) is 4.74 Å². The Hall–Kier alpha value is -1.79. The molecular weight excluding hydrogens is 248 g/mol. The molecule has 1 aromatic carbocycles. The maximum atomic E-state index is 12.2. The van der Waals surface area contributed by atoms with Crippen molar-refractivity contribution in [3.05, 3.63) is 23.8 Å². The van der Waals surface area contributed by atoms with Gasteiger partial charge in [0.25, 0.3) is 5.91 Å². The Bertz CT molecular complexity index is 470. The van der Waals surface area contributed by atoms with Crippen molar-refractivity contribution in [1.82, 2.24) is 5.32 Å². The van der Waals surface area contributed by atoms with Crippen LogP contribution in [0.5, 0.6) is 11.5 Å². The summed E-state index contributed by atoms with van der Waals surface area (Å²) in [5.41, 5.74) is 5.28. The van der Waals surface area contributed by atoms with Gasteiger partial charge in [0, 0.05) is 19.8 Å². The highest BCUT2D eigenvalue weighted by Crippen LogP contribution is 2.29. The van der Waals surface area contributed by atoms with Gasteiger partial charge < -0.3 is 26.0 Å². The first-order chi connectivity index (χ1) is 9.08. The van der Waals surface area contributed by atoms with Gasteiger partial charge in [0.2, 0.25) is 0 Å². The van der Waals surface area contributed by atoms with E-state index in [9.17, 15) is 15.0 Å². The van der Waals surface area contributed by atoms with E-state index in [1.807, 2.05) is 0 Å². The van der Waals surface area contributed by atoms with Crippen molar-refractivity contribution in [3.63, 3.8) is 0 Å². The molecule has 6 heteroatoms. The van der Waals surface area contributed by atoms with E-state index < -0.39 is 17.2 Å². The Labute approximate surface area is 111 Å². The van der Waals surface area contributed by atoms with Crippen molar-refractivity contribution in [3.8, 4) is 11.5 Å². The van der Waals surface area contributed by atoms with E-state index in [-0.39, 0.29) is 11.3 Å². The number of carbonyl (C=O) groups excluding carboxylic acids is 1. The maximum absolute atomic E-state index is 12.2. The summed E-state index contributed by atoms with van der Waals surface area (Å²) in [5, 5.41) is 21.9. The Morgan fingerprint density at radius 2 is 2.05 bits per heavy atom. The molecule has 0 spiro atoms. The molecule has 5 N–H and O–H groups in total. The van der Waals surface area contributed by atoms with Gasteiger partial charge in [-0.05, 0) is 25.0 Å². The molecule has 2 rings (SSSR count). The molecule has 1 fully saturated rings. The Balaban J connectivity index is 2.17. The largest absolute Gasteiger partial charge is 0.504 e. The average molecular weight is 266 g/mol. The summed E-state index contributed by atoms with van der Waals surface area (Å²) in [7, 11) is 0. The normalized spacial score (nSPS) is 17.9. The fourth-order valence-electron chi connectivity index (χ4n) is 2.17. The predicted molar refractivity (Wildman–Crippen MR) is 69.1 cm³/mol. The number of aromatic hydroxyl groups is 2. The van der Waals surface area contributed by atoms with Gasteiger partial charge in [0.15, 0.2) is 11.5 Å². The summed E-state index contributed by atoms with van der Waals surface area (Å²) < 4.78 is 5.26. The highest BCUT2D eigenvalue weighted by atomic mass is 16.5. The van der Waals surface area contributed by atoms with Crippen molar-refractivity contribution in [2.45, 2.75) is 18.4 Å². The number of phenolic OH excluding ortho intramolecular Hbond substituents is 2. The SMILES string of the molecule is NCC1(NC(=O)c2cccc(O)c2O)CCOCC1. The summed E-state index contributed by atoms with van der Waals surface area (Å²) in [4.78, 5) is 12.2. The minimum atomic E-state index is -0.507. The van der Waals surface area contributed by atoms with Crippen LogP contribution in [0.2, 0.25) is 0 Å². The number of hydrogen-bond donors (Lipinski definition) is 4. The number of nitrogens with two attached hydrogens (primary N) is 1. The van der Waals surface area contributed by atoms with Crippen LogP contribution < -0.4 is 11.1 Å². The van der Waals surface area contributed by atoms with E-state index in [1.165, 1.54) is 18.2 Å². The molecule has 0 aromatic heterocycles. The molecule has 0 saturated carbocycles. The average Bonchev–Trinajstić information content (AvgIpc) is 2.42. The highest BCUT2D eigenvalue weighted by molar-refractivity contribution is 5.98. The van der Waals surface area contributed by atoms with Gasteiger partial charge in [-0.15, -0.1) is 0 Å². The zero-order chi connectivity index (χ0) is 13.9. The number of ether oxygens (including phenoxy) is 1. The third-order valence-electron chi connectivity index (χ3n) is 3.48. The van der Waals surface area contributed by atoms with E-state index in [1.54, 1.807) is 0 Å². The first-order valence-electron chi connectivity index (χ1n) is 6.19. The van der Waals surface area contributed by atoms with Crippen molar-refractivity contribution in [1.29, 1.82) is 0 Å². The summed E-state index contributed by atoms with van der Waals surface area (Å²) >= 11 is 0.